The van der Waals surface area contributed by atoms with Gasteiger partial charge < -0.3 is 15.3 Å². The highest BCUT2D eigenvalue weighted by Crippen LogP contribution is 2.28. The Bertz CT molecular complexity index is 858. The summed E-state index contributed by atoms with van der Waals surface area (Å²) in [7, 11) is 2.02. The van der Waals surface area contributed by atoms with Gasteiger partial charge in [-0.15, -0.1) is 0 Å². The molecule has 3 aromatic rings. The van der Waals surface area contributed by atoms with E-state index in [1.807, 2.05) is 19.2 Å². The third kappa shape index (κ3) is 2.28. The zero-order valence-electron chi connectivity index (χ0n) is 12.3. The molecule has 21 heavy (non-hydrogen) atoms. The number of hydrogen-bond donors (Lipinski definition) is 2. The van der Waals surface area contributed by atoms with Gasteiger partial charge in [-0.25, -0.2) is 0 Å². The maximum absolute atomic E-state index is 11.6. The highest BCUT2D eigenvalue weighted by Gasteiger charge is 2.10. The summed E-state index contributed by atoms with van der Waals surface area (Å²) in [5, 5.41) is 1.14. The van der Waals surface area contributed by atoms with Crippen LogP contribution in [0.3, 0.4) is 0 Å². The van der Waals surface area contributed by atoms with Gasteiger partial charge in [0.2, 0.25) is 5.56 Å². The average molecular weight is 281 g/mol. The molecule has 1 aromatic carbocycles. The topological polar surface area (TPSA) is 63.8 Å². The minimum absolute atomic E-state index is 0.0746. The molecule has 0 saturated heterocycles. The van der Waals surface area contributed by atoms with Gasteiger partial charge in [-0.1, -0.05) is 19.1 Å². The maximum Gasteiger partial charge on any atom is 0.248 e. The number of aryl methyl sites for hydroxylation is 2. The Labute approximate surface area is 123 Å². The maximum atomic E-state index is 11.6. The highest BCUT2D eigenvalue weighted by atomic mass is 16.1. The largest absolute Gasteiger partial charge is 0.350 e. The number of hydrogen-bond acceptors (Lipinski definition) is 2. The predicted octanol–water partition coefficient (Wildman–Crippen LogP) is 2.55. The van der Waals surface area contributed by atoms with E-state index < -0.39 is 0 Å². The Morgan fingerprint density at radius 2 is 2.00 bits per heavy atom. The number of nitrogens with one attached hydrogen (secondary N) is 1. The van der Waals surface area contributed by atoms with Crippen LogP contribution in [0.15, 0.2) is 41.3 Å². The van der Waals surface area contributed by atoms with Crippen molar-refractivity contribution in [3.05, 3.63) is 58.0 Å². The molecule has 0 atom stereocenters. The molecule has 108 valence electrons. The van der Waals surface area contributed by atoms with Crippen LogP contribution in [-0.4, -0.2) is 9.55 Å². The van der Waals surface area contributed by atoms with Gasteiger partial charge in [-0.05, 0) is 35.2 Å². The molecule has 0 amide bonds. The summed E-state index contributed by atoms with van der Waals surface area (Å²) in [6.07, 6.45) is 2.94. The van der Waals surface area contributed by atoms with Gasteiger partial charge in [0.1, 0.15) is 0 Å². The van der Waals surface area contributed by atoms with Gasteiger partial charge in [-0.2, -0.15) is 0 Å². The van der Waals surface area contributed by atoms with Crippen LogP contribution >= 0.6 is 0 Å². The summed E-state index contributed by atoms with van der Waals surface area (Å²) in [6.45, 7) is 2.59. The molecular formula is C17H19N3O. The molecule has 0 bridgehead atoms. The van der Waals surface area contributed by atoms with E-state index in [0.29, 0.717) is 6.54 Å². The quantitative estimate of drug-likeness (QED) is 0.775. The Balaban J connectivity index is 2.26. The Hall–Kier alpha value is -2.33. The summed E-state index contributed by atoms with van der Waals surface area (Å²) in [5.41, 5.74) is 11.1. The summed E-state index contributed by atoms with van der Waals surface area (Å²) in [5.74, 6) is 0. The fourth-order valence-electron chi connectivity index (χ4n) is 2.85. The fourth-order valence-corrected chi connectivity index (χ4v) is 2.85. The molecule has 0 unspecified atom stereocenters. The standard InChI is InChI=1S/C17H19N3O/c1-3-11-5-7-16(21)19-17(11)12-4-6-15-14(8-12)13(9-18)10-20(15)2/h4-8,10H,3,9,18H2,1-2H3,(H,19,21). The van der Waals surface area contributed by atoms with Crippen LogP contribution in [0.2, 0.25) is 0 Å². The molecule has 0 saturated carbocycles. The van der Waals surface area contributed by atoms with Crippen molar-refractivity contribution in [2.75, 3.05) is 0 Å². The lowest BCUT2D eigenvalue weighted by Gasteiger charge is -2.08. The molecule has 0 radical (unpaired) electrons. The summed E-state index contributed by atoms with van der Waals surface area (Å²) in [6, 6.07) is 9.71. The van der Waals surface area contributed by atoms with Crippen LogP contribution in [0.1, 0.15) is 18.1 Å². The van der Waals surface area contributed by atoms with E-state index in [1.165, 1.54) is 0 Å². The summed E-state index contributed by atoms with van der Waals surface area (Å²) >= 11 is 0. The summed E-state index contributed by atoms with van der Waals surface area (Å²) < 4.78 is 2.08. The fraction of sp³-hybridized carbons (Fsp3) is 0.235. The van der Waals surface area contributed by atoms with E-state index in [-0.39, 0.29) is 5.56 Å². The Kier molecular flexibility index (Phi) is 3.39. The van der Waals surface area contributed by atoms with Gasteiger partial charge in [0, 0.05) is 36.8 Å². The predicted molar refractivity (Wildman–Crippen MR) is 86.2 cm³/mol. The lowest BCUT2D eigenvalue weighted by molar-refractivity contribution is 0.949. The lowest BCUT2D eigenvalue weighted by Crippen LogP contribution is -2.07. The van der Waals surface area contributed by atoms with Crippen LogP contribution in [0, 0.1) is 0 Å². The van der Waals surface area contributed by atoms with Crippen LogP contribution in [0.5, 0.6) is 0 Å². The molecule has 0 spiro atoms. The van der Waals surface area contributed by atoms with Gasteiger partial charge in [-0.3, -0.25) is 4.79 Å². The first-order valence-corrected chi connectivity index (χ1v) is 7.14. The molecule has 3 rings (SSSR count). The molecule has 0 aliphatic carbocycles. The third-order valence-electron chi connectivity index (χ3n) is 3.97. The number of nitrogens with zero attached hydrogens (tertiary/aromatic N) is 1. The molecule has 0 aliphatic rings. The van der Waals surface area contributed by atoms with Crippen molar-refractivity contribution in [3.63, 3.8) is 0 Å². The van der Waals surface area contributed by atoms with E-state index in [0.717, 1.165) is 39.7 Å². The minimum atomic E-state index is -0.0746. The van der Waals surface area contributed by atoms with Crippen LogP contribution < -0.4 is 11.3 Å². The second kappa shape index (κ2) is 5.22. The first kappa shape index (κ1) is 13.6. The van der Waals surface area contributed by atoms with Crippen molar-refractivity contribution in [2.24, 2.45) is 12.8 Å². The molecule has 2 heterocycles. The second-order valence-corrected chi connectivity index (χ2v) is 5.28. The van der Waals surface area contributed by atoms with Crippen LogP contribution in [-0.2, 0) is 20.0 Å². The van der Waals surface area contributed by atoms with Gasteiger partial charge in [0.25, 0.3) is 0 Å². The molecule has 0 fully saturated rings. The Morgan fingerprint density at radius 3 is 2.71 bits per heavy atom. The summed E-state index contributed by atoms with van der Waals surface area (Å²) in [4.78, 5) is 14.6. The van der Waals surface area contributed by atoms with E-state index in [1.54, 1.807) is 6.07 Å². The van der Waals surface area contributed by atoms with E-state index >= 15 is 0 Å². The van der Waals surface area contributed by atoms with Crippen molar-refractivity contribution in [1.82, 2.24) is 9.55 Å². The van der Waals surface area contributed by atoms with E-state index in [4.69, 9.17) is 5.73 Å². The van der Waals surface area contributed by atoms with Crippen molar-refractivity contribution in [1.29, 1.82) is 0 Å². The average Bonchev–Trinajstić information content (AvgIpc) is 2.83. The number of aromatic nitrogens is 2. The zero-order chi connectivity index (χ0) is 15.0. The minimum Gasteiger partial charge on any atom is -0.350 e. The van der Waals surface area contributed by atoms with Gasteiger partial charge in [0.05, 0.1) is 5.69 Å². The van der Waals surface area contributed by atoms with E-state index in [9.17, 15) is 4.79 Å². The first-order valence-electron chi connectivity index (χ1n) is 7.14. The molecule has 2 aromatic heterocycles. The molecule has 4 nitrogen and oxygen atoms in total. The molecular weight excluding hydrogens is 262 g/mol. The number of aromatic amines is 1. The third-order valence-corrected chi connectivity index (χ3v) is 3.97. The number of fused-ring (bicyclic) bond motifs is 1. The number of H-pyrrole nitrogens is 1. The van der Waals surface area contributed by atoms with Crippen LogP contribution in [0.25, 0.3) is 22.2 Å². The van der Waals surface area contributed by atoms with Crippen molar-refractivity contribution < 1.29 is 0 Å². The first-order chi connectivity index (χ1) is 10.1. The number of pyridine rings is 1. The number of benzene rings is 1. The Morgan fingerprint density at radius 1 is 1.19 bits per heavy atom. The van der Waals surface area contributed by atoms with Gasteiger partial charge in [0.15, 0.2) is 0 Å². The number of nitrogens with two attached hydrogens (primary N) is 1. The second-order valence-electron chi connectivity index (χ2n) is 5.28. The smallest absolute Gasteiger partial charge is 0.248 e. The molecule has 4 heteroatoms. The monoisotopic (exact) mass is 281 g/mol. The van der Waals surface area contributed by atoms with Crippen molar-refractivity contribution >= 4 is 10.9 Å². The lowest BCUT2D eigenvalue weighted by atomic mass is 10.0. The van der Waals surface area contributed by atoms with Crippen molar-refractivity contribution in [2.45, 2.75) is 19.9 Å². The number of rotatable bonds is 3. The van der Waals surface area contributed by atoms with E-state index in [2.05, 4.69) is 34.8 Å². The van der Waals surface area contributed by atoms with Crippen LogP contribution in [0.4, 0.5) is 0 Å². The zero-order valence-corrected chi connectivity index (χ0v) is 12.3. The molecule has 0 aliphatic heterocycles. The van der Waals surface area contributed by atoms with Crippen molar-refractivity contribution in [3.8, 4) is 11.3 Å². The molecule has 3 N–H and O–H groups in total. The van der Waals surface area contributed by atoms with Gasteiger partial charge >= 0.3 is 0 Å². The normalized spacial score (nSPS) is 11.2. The SMILES string of the molecule is CCc1ccc(=O)[nH]c1-c1ccc2c(c1)c(CN)cn2C. The highest BCUT2D eigenvalue weighted by molar-refractivity contribution is 5.88.